The Hall–Kier alpha value is -0.610. The van der Waals surface area contributed by atoms with Crippen molar-refractivity contribution in [3.8, 4) is 0 Å². The molecule has 2 N–H and O–H groups in total. The molecule has 0 aliphatic heterocycles. The Morgan fingerprint density at radius 2 is 2.10 bits per heavy atom. The third kappa shape index (κ3) is 4.45. The van der Waals surface area contributed by atoms with Crippen LogP contribution in [0.2, 0.25) is 5.02 Å². The lowest BCUT2D eigenvalue weighted by atomic mass is 9.91. The quantitative estimate of drug-likeness (QED) is 0.775. The van der Waals surface area contributed by atoms with Crippen LogP contribution in [0.15, 0.2) is 24.3 Å². The van der Waals surface area contributed by atoms with E-state index in [2.05, 4.69) is 4.90 Å². The molecule has 2 rings (SSSR count). The van der Waals surface area contributed by atoms with Crippen LogP contribution in [0, 0.1) is 0 Å². The maximum atomic E-state index is 10.3. The molecule has 1 fully saturated rings. The molecule has 112 valence electrons. The molecule has 0 radical (unpaired) electrons. The summed E-state index contributed by atoms with van der Waals surface area (Å²) in [4.78, 5) is 2.41. The first kappa shape index (κ1) is 15.8. The molecule has 0 saturated heterocycles. The lowest BCUT2D eigenvalue weighted by molar-refractivity contribution is 0.0864. The van der Waals surface area contributed by atoms with Gasteiger partial charge in [-0.2, -0.15) is 0 Å². The molecule has 0 bridgehead atoms. The van der Waals surface area contributed by atoms with Crippen molar-refractivity contribution >= 4 is 11.6 Å². The topological polar surface area (TPSA) is 43.7 Å². The summed E-state index contributed by atoms with van der Waals surface area (Å²) in [5.74, 6) is 0. The summed E-state index contributed by atoms with van der Waals surface area (Å²) in [6, 6.07) is 8.08. The van der Waals surface area contributed by atoms with Crippen molar-refractivity contribution in [3.63, 3.8) is 0 Å². The predicted molar refractivity (Wildman–Crippen MR) is 81.9 cm³/mol. The van der Waals surface area contributed by atoms with Crippen molar-refractivity contribution in [1.82, 2.24) is 4.90 Å². The minimum Gasteiger partial charge on any atom is -0.396 e. The van der Waals surface area contributed by atoms with Crippen LogP contribution in [-0.2, 0) is 0 Å². The second-order valence-corrected chi connectivity index (χ2v) is 5.99. The minimum absolute atomic E-state index is 0.236. The van der Waals surface area contributed by atoms with E-state index in [4.69, 9.17) is 16.7 Å². The van der Waals surface area contributed by atoms with Gasteiger partial charge in [0.2, 0.25) is 0 Å². The molecular weight excluding hydrogens is 274 g/mol. The Kier molecular flexibility index (Phi) is 6.30. The van der Waals surface area contributed by atoms with Crippen LogP contribution >= 0.6 is 11.6 Å². The van der Waals surface area contributed by atoms with Crippen molar-refractivity contribution in [2.45, 2.75) is 44.2 Å². The van der Waals surface area contributed by atoms with Gasteiger partial charge in [0.15, 0.2) is 0 Å². The summed E-state index contributed by atoms with van der Waals surface area (Å²) in [5, 5.41) is 19.9. The lowest BCUT2D eigenvalue weighted by Gasteiger charge is -2.38. The average Bonchev–Trinajstić information content (AvgIpc) is 2.39. The summed E-state index contributed by atoms with van der Waals surface area (Å²) in [6.07, 6.45) is 4.85. The number of halogens is 1. The number of rotatable bonds is 8. The number of aliphatic hydroxyl groups excluding tert-OH is 2. The molecule has 0 amide bonds. The summed E-state index contributed by atoms with van der Waals surface area (Å²) in [5.41, 5.74) is 0.883. The van der Waals surface area contributed by atoms with E-state index in [1.54, 1.807) is 0 Å². The average molecular weight is 298 g/mol. The van der Waals surface area contributed by atoms with E-state index >= 15 is 0 Å². The number of benzene rings is 1. The zero-order valence-electron chi connectivity index (χ0n) is 11.8. The van der Waals surface area contributed by atoms with Crippen LogP contribution in [0.25, 0.3) is 0 Å². The maximum Gasteiger partial charge on any atom is 0.0802 e. The molecular formula is C16H24ClNO2. The zero-order chi connectivity index (χ0) is 14.4. The van der Waals surface area contributed by atoms with Gasteiger partial charge in [0.25, 0.3) is 0 Å². The van der Waals surface area contributed by atoms with Gasteiger partial charge in [-0.3, -0.25) is 0 Å². The first-order valence-electron chi connectivity index (χ1n) is 7.49. The van der Waals surface area contributed by atoms with Gasteiger partial charge in [-0.1, -0.05) is 30.2 Å². The van der Waals surface area contributed by atoms with Crippen molar-refractivity contribution in [3.05, 3.63) is 34.9 Å². The molecule has 1 unspecified atom stereocenters. The molecule has 1 aromatic carbocycles. The fourth-order valence-electron chi connectivity index (χ4n) is 2.67. The predicted octanol–water partition coefficient (Wildman–Crippen LogP) is 3.00. The number of aliphatic hydroxyl groups is 2. The number of hydrogen-bond donors (Lipinski definition) is 2. The normalized spacial score (nSPS) is 17.2. The highest BCUT2D eigenvalue weighted by Crippen LogP contribution is 2.27. The van der Waals surface area contributed by atoms with E-state index in [-0.39, 0.29) is 6.61 Å². The highest BCUT2D eigenvalue weighted by molar-refractivity contribution is 6.30. The van der Waals surface area contributed by atoms with Crippen molar-refractivity contribution in [2.24, 2.45) is 0 Å². The van der Waals surface area contributed by atoms with E-state index in [0.29, 0.717) is 17.5 Å². The third-order valence-electron chi connectivity index (χ3n) is 4.12. The SMILES string of the molecule is OCCCN(CCC(O)c1cccc(Cl)c1)C1CCC1. The largest absolute Gasteiger partial charge is 0.396 e. The molecule has 1 atom stereocenters. The second kappa shape index (κ2) is 7.99. The third-order valence-corrected chi connectivity index (χ3v) is 4.35. The fraction of sp³-hybridized carbons (Fsp3) is 0.625. The Labute approximate surface area is 126 Å². The van der Waals surface area contributed by atoms with E-state index in [0.717, 1.165) is 25.1 Å². The van der Waals surface area contributed by atoms with Crippen LogP contribution in [0.4, 0.5) is 0 Å². The second-order valence-electron chi connectivity index (χ2n) is 5.56. The summed E-state index contributed by atoms with van der Waals surface area (Å²) in [6.45, 7) is 2.03. The minimum atomic E-state index is -0.467. The summed E-state index contributed by atoms with van der Waals surface area (Å²) in [7, 11) is 0. The first-order valence-corrected chi connectivity index (χ1v) is 7.87. The smallest absolute Gasteiger partial charge is 0.0802 e. The Morgan fingerprint density at radius 1 is 1.30 bits per heavy atom. The standard InChI is InChI=1S/C16H24ClNO2/c17-14-5-1-4-13(12-14)16(20)8-10-18(9-3-11-19)15-6-2-7-15/h1,4-5,12,15-16,19-20H,2-3,6-11H2. The zero-order valence-corrected chi connectivity index (χ0v) is 12.6. The Balaban J connectivity index is 1.84. The maximum absolute atomic E-state index is 10.3. The van der Waals surface area contributed by atoms with Gasteiger partial charge in [0, 0.05) is 30.8 Å². The van der Waals surface area contributed by atoms with Gasteiger partial charge in [-0.15, -0.1) is 0 Å². The van der Waals surface area contributed by atoms with Gasteiger partial charge in [0.1, 0.15) is 0 Å². The van der Waals surface area contributed by atoms with Crippen LogP contribution in [0.5, 0.6) is 0 Å². The van der Waals surface area contributed by atoms with E-state index in [1.807, 2.05) is 24.3 Å². The van der Waals surface area contributed by atoms with Crippen molar-refractivity contribution in [2.75, 3.05) is 19.7 Å². The number of nitrogens with zero attached hydrogens (tertiary/aromatic N) is 1. The van der Waals surface area contributed by atoms with Gasteiger partial charge in [-0.05, 0) is 43.4 Å². The van der Waals surface area contributed by atoms with Crippen LogP contribution < -0.4 is 0 Å². The Bertz CT molecular complexity index is 409. The van der Waals surface area contributed by atoms with Crippen LogP contribution in [0.3, 0.4) is 0 Å². The van der Waals surface area contributed by atoms with E-state index < -0.39 is 6.10 Å². The van der Waals surface area contributed by atoms with Gasteiger partial charge < -0.3 is 15.1 Å². The van der Waals surface area contributed by atoms with Gasteiger partial charge in [-0.25, -0.2) is 0 Å². The molecule has 1 aliphatic carbocycles. The van der Waals surface area contributed by atoms with Gasteiger partial charge in [0.05, 0.1) is 6.10 Å². The molecule has 1 saturated carbocycles. The molecule has 0 spiro atoms. The number of hydrogen-bond acceptors (Lipinski definition) is 3. The lowest BCUT2D eigenvalue weighted by Crippen LogP contribution is -2.41. The molecule has 0 heterocycles. The van der Waals surface area contributed by atoms with E-state index in [1.165, 1.54) is 19.3 Å². The molecule has 4 heteroatoms. The first-order chi connectivity index (χ1) is 9.70. The summed E-state index contributed by atoms with van der Waals surface area (Å²) >= 11 is 5.95. The van der Waals surface area contributed by atoms with E-state index in [9.17, 15) is 5.11 Å². The highest BCUT2D eigenvalue weighted by Gasteiger charge is 2.24. The summed E-state index contributed by atoms with van der Waals surface area (Å²) < 4.78 is 0. The highest BCUT2D eigenvalue weighted by atomic mass is 35.5. The molecule has 3 nitrogen and oxygen atoms in total. The van der Waals surface area contributed by atoms with Crippen molar-refractivity contribution in [1.29, 1.82) is 0 Å². The molecule has 20 heavy (non-hydrogen) atoms. The fourth-order valence-corrected chi connectivity index (χ4v) is 2.87. The monoisotopic (exact) mass is 297 g/mol. The molecule has 1 aromatic rings. The molecule has 1 aliphatic rings. The Morgan fingerprint density at radius 3 is 2.70 bits per heavy atom. The van der Waals surface area contributed by atoms with Crippen molar-refractivity contribution < 1.29 is 10.2 Å². The van der Waals surface area contributed by atoms with Crippen LogP contribution in [-0.4, -0.2) is 40.9 Å². The molecule has 0 aromatic heterocycles. The van der Waals surface area contributed by atoms with Gasteiger partial charge >= 0.3 is 0 Å². The van der Waals surface area contributed by atoms with Crippen LogP contribution in [0.1, 0.15) is 43.8 Å².